The molecule has 1 amide bonds. The number of aliphatic hydroxyl groups is 1. The third kappa shape index (κ3) is 4.72. The maximum Gasteiger partial charge on any atom is 0.223 e. The largest absolute Gasteiger partial charge is 0.386 e. The lowest BCUT2D eigenvalue weighted by molar-refractivity contribution is -0.126. The third-order valence-corrected chi connectivity index (χ3v) is 8.04. The number of rotatable bonds is 6. The number of thiophene rings is 2. The van der Waals surface area contributed by atoms with E-state index in [0.29, 0.717) is 25.9 Å². The molecule has 3 heterocycles. The molecule has 1 unspecified atom stereocenters. The van der Waals surface area contributed by atoms with Gasteiger partial charge in [0.1, 0.15) is 6.10 Å². The summed E-state index contributed by atoms with van der Waals surface area (Å²) in [4.78, 5) is 15.4. The highest BCUT2D eigenvalue weighted by atomic mass is 32.2. The van der Waals surface area contributed by atoms with Crippen LogP contribution in [-0.4, -0.2) is 49.6 Å². The van der Waals surface area contributed by atoms with Crippen LogP contribution in [0.5, 0.6) is 0 Å². The summed E-state index contributed by atoms with van der Waals surface area (Å²) in [6, 6.07) is 7.90. The Morgan fingerprint density at radius 1 is 1.31 bits per heavy atom. The zero-order valence-electron chi connectivity index (χ0n) is 14.4. The highest BCUT2D eigenvalue weighted by molar-refractivity contribution is 7.88. The van der Waals surface area contributed by atoms with E-state index in [1.807, 2.05) is 29.6 Å². The van der Waals surface area contributed by atoms with E-state index < -0.39 is 16.1 Å². The van der Waals surface area contributed by atoms with Crippen LogP contribution in [0.4, 0.5) is 0 Å². The fourth-order valence-corrected chi connectivity index (χ4v) is 5.68. The number of nitrogens with zero attached hydrogens (tertiary/aromatic N) is 1. The Kier molecular flexibility index (Phi) is 6.13. The van der Waals surface area contributed by atoms with Crippen molar-refractivity contribution in [3.63, 3.8) is 0 Å². The Morgan fingerprint density at radius 2 is 2.04 bits per heavy atom. The molecule has 1 fully saturated rings. The van der Waals surface area contributed by atoms with Gasteiger partial charge in [-0.05, 0) is 36.4 Å². The highest BCUT2D eigenvalue weighted by Crippen LogP contribution is 2.33. The summed E-state index contributed by atoms with van der Waals surface area (Å²) in [5.74, 6) is -0.322. The molecule has 2 aromatic rings. The molecule has 0 aliphatic carbocycles. The number of nitrogens with one attached hydrogen (secondary N) is 1. The van der Waals surface area contributed by atoms with Gasteiger partial charge in [-0.2, -0.15) is 0 Å². The zero-order valence-corrected chi connectivity index (χ0v) is 16.9. The Balaban J connectivity index is 1.49. The van der Waals surface area contributed by atoms with E-state index in [1.165, 1.54) is 21.9 Å². The first-order chi connectivity index (χ1) is 12.3. The van der Waals surface area contributed by atoms with Crippen molar-refractivity contribution >= 4 is 38.6 Å². The van der Waals surface area contributed by atoms with E-state index in [2.05, 4.69) is 5.32 Å². The van der Waals surface area contributed by atoms with Crippen LogP contribution >= 0.6 is 22.7 Å². The van der Waals surface area contributed by atoms with Gasteiger partial charge in [0.15, 0.2) is 0 Å². The molecule has 1 saturated heterocycles. The van der Waals surface area contributed by atoms with Gasteiger partial charge in [-0.3, -0.25) is 4.79 Å². The van der Waals surface area contributed by atoms with Crippen LogP contribution in [0.2, 0.25) is 0 Å². The topological polar surface area (TPSA) is 86.7 Å². The standard InChI is InChI=1S/C17H22N2O4S3/c1-26(22,23)19-8-6-12(7-9-19)17(21)18-11-13(20)14-4-5-16(25-14)15-3-2-10-24-15/h2-5,10,12-13,20H,6-9,11H2,1H3,(H,18,21). The lowest BCUT2D eigenvalue weighted by Gasteiger charge is -2.29. The molecule has 142 valence electrons. The normalized spacial score (nSPS) is 17.9. The maximum atomic E-state index is 12.3. The van der Waals surface area contributed by atoms with Gasteiger partial charge in [-0.25, -0.2) is 12.7 Å². The van der Waals surface area contributed by atoms with Crippen LogP contribution in [0.25, 0.3) is 9.75 Å². The van der Waals surface area contributed by atoms with Gasteiger partial charge in [-0.1, -0.05) is 6.07 Å². The van der Waals surface area contributed by atoms with Gasteiger partial charge in [0.25, 0.3) is 0 Å². The molecule has 2 N–H and O–H groups in total. The minimum Gasteiger partial charge on any atom is -0.386 e. The Labute approximate surface area is 161 Å². The van der Waals surface area contributed by atoms with Crippen molar-refractivity contribution in [2.75, 3.05) is 25.9 Å². The molecule has 0 bridgehead atoms. The predicted octanol–water partition coefficient (Wildman–Crippen LogP) is 2.30. The maximum absolute atomic E-state index is 12.3. The summed E-state index contributed by atoms with van der Waals surface area (Å²) in [5.41, 5.74) is 0. The summed E-state index contributed by atoms with van der Waals surface area (Å²) in [7, 11) is -3.19. The van der Waals surface area contributed by atoms with Crippen molar-refractivity contribution in [2.24, 2.45) is 5.92 Å². The average molecular weight is 415 g/mol. The van der Waals surface area contributed by atoms with Crippen LogP contribution in [0.3, 0.4) is 0 Å². The third-order valence-electron chi connectivity index (χ3n) is 4.48. The molecule has 0 aromatic carbocycles. The molecule has 0 saturated carbocycles. The number of amides is 1. The van der Waals surface area contributed by atoms with Gasteiger partial charge in [-0.15, -0.1) is 22.7 Å². The van der Waals surface area contributed by atoms with E-state index in [0.717, 1.165) is 14.6 Å². The second-order valence-corrected chi connectivity index (χ2v) is 10.4. The number of hydrogen-bond donors (Lipinski definition) is 2. The van der Waals surface area contributed by atoms with Crippen LogP contribution in [0.15, 0.2) is 29.6 Å². The molecule has 6 nitrogen and oxygen atoms in total. The van der Waals surface area contributed by atoms with Gasteiger partial charge < -0.3 is 10.4 Å². The fourth-order valence-electron chi connectivity index (χ4n) is 2.97. The van der Waals surface area contributed by atoms with Crippen LogP contribution in [0, 0.1) is 5.92 Å². The van der Waals surface area contributed by atoms with Crippen molar-refractivity contribution in [3.8, 4) is 9.75 Å². The number of hydrogen-bond acceptors (Lipinski definition) is 6. The first kappa shape index (κ1) is 19.5. The van der Waals surface area contributed by atoms with E-state index in [4.69, 9.17) is 0 Å². The molecular formula is C17H22N2O4S3. The molecule has 9 heteroatoms. The molecule has 26 heavy (non-hydrogen) atoms. The fraction of sp³-hybridized carbons (Fsp3) is 0.471. The smallest absolute Gasteiger partial charge is 0.223 e. The van der Waals surface area contributed by atoms with Gasteiger partial charge in [0, 0.05) is 40.2 Å². The van der Waals surface area contributed by atoms with Crippen LogP contribution < -0.4 is 5.32 Å². The summed E-state index contributed by atoms with van der Waals surface area (Å²) in [6.07, 6.45) is 1.47. The summed E-state index contributed by atoms with van der Waals surface area (Å²) >= 11 is 3.18. The molecular weight excluding hydrogens is 392 g/mol. The van der Waals surface area contributed by atoms with Crippen molar-refractivity contribution < 1.29 is 18.3 Å². The van der Waals surface area contributed by atoms with Gasteiger partial charge >= 0.3 is 0 Å². The number of aliphatic hydroxyl groups excluding tert-OH is 1. The number of carbonyl (C=O) groups excluding carboxylic acids is 1. The van der Waals surface area contributed by atoms with Crippen molar-refractivity contribution in [1.82, 2.24) is 9.62 Å². The Hall–Kier alpha value is -1.26. The van der Waals surface area contributed by atoms with Crippen LogP contribution in [-0.2, 0) is 14.8 Å². The second kappa shape index (κ2) is 8.18. The average Bonchev–Trinajstić information content (AvgIpc) is 3.29. The minimum absolute atomic E-state index is 0.118. The lowest BCUT2D eigenvalue weighted by Crippen LogP contribution is -2.43. The molecule has 0 radical (unpaired) electrons. The van der Waals surface area contributed by atoms with E-state index in [1.54, 1.807) is 11.3 Å². The van der Waals surface area contributed by atoms with Crippen molar-refractivity contribution in [2.45, 2.75) is 18.9 Å². The number of piperidine rings is 1. The summed E-state index contributed by atoms with van der Waals surface area (Å²) < 4.78 is 24.4. The van der Waals surface area contributed by atoms with Gasteiger partial charge in [0.05, 0.1) is 6.26 Å². The Bertz CT molecular complexity index is 837. The summed E-state index contributed by atoms with van der Waals surface area (Å²) in [5, 5.41) is 15.2. The molecule has 1 aliphatic heterocycles. The number of carbonyl (C=O) groups is 1. The lowest BCUT2D eigenvalue weighted by atomic mass is 9.97. The minimum atomic E-state index is -3.19. The number of sulfonamides is 1. The first-order valence-electron chi connectivity index (χ1n) is 8.39. The van der Waals surface area contributed by atoms with E-state index in [-0.39, 0.29) is 18.4 Å². The van der Waals surface area contributed by atoms with E-state index in [9.17, 15) is 18.3 Å². The molecule has 3 rings (SSSR count). The molecule has 1 atom stereocenters. The highest BCUT2D eigenvalue weighted by Gasteiger charge is 2.29. The monoisotopic (exact) mass is 414 g/mol. The zero-order chi connectivity index (χ0) is 18.7. The van der Waals surface area contributed by atoms with Gasteiger partial charge in [0.2, 0.25) is 15.9 Å². The molecule has 1 aliphatic rings. The predicted molar refractivity (Wildman–Crippen MR) is 105 cm³/mol. The first-order valence-corrected chi connectivity index (χ1v) is 11.9. The molecule has 0 spiro atoms. The second-order valence-electron chi connectivity index (χ2n) is 6.38. The SMILES string of the molecule is CS(=O)(=O)N1CCC(C(=O)NCC(O)c2ccc(-c3cccs3)s2)CC1. The quantitative estimate of drug-likeness (QED) is 0.759. The van der Waals surface area contributed by atoms with Crippen molar-refractivity contribution in [3.05, 3.63) is 34.5 Å². The summed E-state index contributed by atoms with van der Waals surface area (Å²) in [6.45, 7) is 0.901. The molecule has 2 aromatic heterocycles. The van der Waals surface area contributed by atoms with Crippen LogP contribution in [0.1, 0.15) is 23.8 Å². The van der Waals surface area contributed by atoms with Crippen molar-refractivity contribution in [1.29, 1.82) is 0 Å². The Morgan fingerprint density at radius 3 is 2.65 bits per heavy atom. The van der Waals surface area contributed by atoms with E-state index >= 15 is 0 Å².